The minimum Gasteiger partial charge on any atom is -0.458 e. The molecule has 0 aliphatic heterocycles. The Kier molecular flexibility index (Phi) is 7.63. The Labute approximate surface area is 200 Å². The number of nitrogens with two attached hydrogens (primary N) is 1. The third-order valence-electron chi connectivity index (χ3n) is 4.46. The first-order valence-electron chi connectivity index (χ1n) is 9.97. The third kappa shape index (κ3) is 6.27. The van der Waals surface area contributed by atoms with Gasteiger partial charge in [-0.3, -0.25) is 4.79 Å². The second-order valence-corrected chi connectivity index (χ2v) is 8.26. The number of aromatic nitrogens is 1. The quantitative estimate of drug-likeness (QED) is 0.279. The number of fused-ring (bicyclic) bond motifs is 1. The van der Waals surface area contributed by atoms with E-state index in [1.165, 1.54) is 12.2 Å². The van der Waals surface area contributed by atoms with E-state index >= 15 is 0 Å². The van der Waals surface area contributed by atoms with Crippen LogP contribution in [-0.4, -0.2) is 29.0 Å². The molecule has 0 atom stereocenters. The molecule has 0 spiro atoms. The van der Waals surface area contributed by atoms with Gasteiger partial charge in [0, 0.05) is 39.8 Å². The lowest BCUT2D eigenvalue weighted by molar-refractivity contribution is -0.111. The van der Waals surface area contributed by atoms with Gasteiger partial charge in [0.05, 0.1) is 11.1 Å². The zero-order valence-corrected chi connectivity index (χ0v) is 19.4. The first kappa shape index (κ1) is 24.2. The highest BCUT2D eigenvalue weighted by molar-refractivity contribution is 6.39. The molecule has 0 aliphatic carbocycles. The van der Waals surface area contributed by atoms with Crippen LogP contribution < -0.4 is 16.4 Å². The number of carbonyl (C=O) groups excluding carboxylic acids is 3. The molecule has 172 valence electrons. The number of carbonyl (C=O) groups is 3. The number of benzene rings is 2. The molecule has 2 aromatic carbocycles. The fourth-order valence-corrected chi connectivity index (χ4v) is 3.76. The van der Waals surface area contributed by atoms with E-state index in [0.717, 1.165) is 5.56 Å². The largest absolute Gasteiger partial charge is 0.458 e. The van der Waals surface area contributed by atoms with Gasteiger partial charge >= 0.3 is 12.0 Å². The summed E-state index contributed by atoms with van der Waals surface area (Å²) >= 11 is 12.5. The van der Waals surface area contributed by atoms with Gasteiger partial charge in [-0.25, -0.2) is 9.59 Å². The smallest absolute Gasteiger partial charge is 0.355 e. The highest BCUT2D eigenvalue weighted by Gasteiger charge is 2.21. The number of hydrogen-bond acceptors (Lipinski definition) is 4. The molecule has 0 unspecified atom stereocenters. The molecule has 3 aromatic rings. The fourth-order valence-electron chi connectivity index (χ4n) is 3.16. The van der Waals surface area contributed by atoms with E-state index in [1.54, 1.807) is 50.2 Å². The van der Waals surface area contributed by atoms with Gasteiger partial charge in [-0.2, -0.15) is 0 Å². The summed E-state index contributed by atoms with van der Waals surface area (Å²) in [6.07, 6.45) is 2.44. The van der Waals surface area contributed by atoms with E-state index in [2.05, 4.69) is 15.6 Å². The molecule has 33 heavy (non-hydrogen) atoms. The van der Waals surface area contributed by atoms with Gasteiger partial charge in [0.2, 0.25) is 5.91 Å². The number of hydrogen-bond donors (Lipinski definition) is 4. The van der Waals surface area contributed by atoms with Crippen molar-refractivity contribution in [1.29, 1.82) is 0 Å². The number of amides is 3. The van der Waals surface area contributed by atoms with Gasteiger partial charge in [0.1, 0.15) is 5.69 Å². The summed E-state index contributed by atoms with van der Waals surface area (Å²) in [5.74, 6) is -1.01. The normalized spacial score (nSPS) is 11.2. The minimum atomic E-state index is -0.641. The molecular weight excluding hydrogens is 467 g/mol. The SMILES string of the molecule is CC(C)OC(=O)c1[nH]c2cc(Cl)cc(Cl)c2c1/C=C/C(=O)Nc1cccc(CNC(N)=O)c1. The van der Waals surface area contributed by atoms with Gasteiger partial charge in [-0.05, 0) is 49.8 Å². The summed E-state index contributed by atoms with van der Waals surface area (Å²) in [7, 11) is 0. The van der Waals surface area contributed by atoms with Crippen LogP contribution in [0.15, 0.2) is 42.5 Å². The predicted octanol–water partition coefficient (Wildman–Crippen LogP) is 4.86. The van der Waals surface area contributed by atoms with Crippen molar-refractivity contribution in [3.63, 3.8) is 0 Å². The summed E-state index contributed by atoms with van der Waals surface area (Å²) < 4.78 is 5.31. The number of nitrogens with one attached hydrogen (secondary N) is 3. The number of halogens is 2. The number of rotatable bonds is 7. The molecule has 0 radical (unpaired) electrons. The number of aromatic amines is 1. The van der Waals surface area contributed by atoms with Crippen molar-refractivity contribution in [3.8, 4) is 0 Å². The molecule has 0 saturated carbocycles. The van der Waals surface area contributed by atoms with Crippen molar-refractivity contribution in [2.75, 3.05) is 5.32 Å². The van der Waals surface area contributed by atoms with Crippen LogP contribution in [0.2, 0.25) is 10.0 Å². The van der Waals surface area contributed by atoms with Crippen molar-refractivity contribution in [3.05, 3.63) is 69.3 Å². The van der Waals surface area contributed by atoms with Crippen LogP contribution in [0, 0.1) is 0 Å². The van der Waals surface area contributed by atoms with Crippen molar-refractivity contribution in [2.45, 2.75) is 26.5 Å². The minimum absolute atomic E-state index is 0.159. The Morgan fingerprint density at radius 1 is 1.18 bits per heavy atom. The first-order chi connectivity index (χ1) is 15.6. The Balaban J connectivity index is 1.88. The predicted molar refractivity (Wildman–Crippen MR) is 129 cm³/mol. The Morgan fingerprint density at radius 3 is 2.64 bits per heavy atom. The van der Waals surface area contributed by atoms with Crippen LogP contribution >= 0.6 is 23.2 Å². The Bertz CT molecular complexity index is 1250. The van der Waals surface area contributed by atoms with E-state index in [1.807, 2.05) is 0 Å². The maximum atomic E-state index is 12.6. The molecule has 3 amide bonds. The average Bonchev–Trinajstić information content (AvgIpc) is 3.09. The number of urea groups is 1. The molecule has 0 fully saturated rings. The van der Waals surface area contributed by atoms with Gasteiger partial charge in [-0.15, -0.1) is 0 Å². The Hall–Kier alpha value is -3.49. The molecule has 8 nitrogen and oxygen atoms in total. The van der Waals surface area contributed by atoms with E-state index in [0.29, 0.717) is 32.2 Å². The highest BCUT2D eigenvalue weighted by Crippen LogP contribution is 2.33. The number of ether oxygens (including phenoxy) is 1. The second-order valence-electron chi connectivity index (χ2n) is 7.42. The van der Waals surface area contributed by atoms with Gasteiger partial charge in [0.25, 0.3) is 0 Å². The van der Waals surface area contributed by atoms with E-state index in [4.69, 9.17) is 33.7 Å². The monoisotopic (exact) mass is 488 g/mol. The maximum Gasteiger partial charge on any atom is 0.355 e. The van der Waals surface area contributed by atoms with Crippen molar-refractivity contribution in [1.82, 2.24) is 10.3 Å². The van der Waals surface area contributed by atoms with Gasteiger partial charge in [0.15, 0.2) is 0 Å². The zero-order valence-electron chi connectivity index (χ0n) is 17.9. The van der Waals surface area contributed by atoms with E-state index < -0.39 is 17.9 Å². The lowest BCUT2D eigenvalue weighted by Crippen LogP contribution is -2.28. The molecule has 1 aromatic heterocycles. The van der Waals surface area contributed by atoms with Crippen LogP contribution in [0.4, 0.5) is 10.5 Å². The molecule has 1 heterocycles. The highest BCUT2D eigenvalue weighted by atomic mass is 35.5. The number of anilines is 1. The molecule has 0 aliphatic rings. The van der Waals surface area contributed by atoms with E-state index in [9.17, 15) is 14.4 Å². The lowest BCUT2D eigenvalue weighted by Gasteiger charge is -2.08. The number of H-pyrrole nitrogens is 1. The average molecular weight is 489 g/mol. The summed E-state index contributed by atoms with van der Waals surface area (Å²) in [6.45, 7) is 3.70. The van der Waals surface area contributed by atoms with Gasteiger partial charge < -0.3 is 26.1 Å². The molecule has 5 N–H and O–H groups in total. The molecule has 3 rings (SSSR count). The number of primary amides is 1. The molecule has 10 heteroatoms. The second kappa shape index (κ2) is 10.4. The van der Waals surface area contributed by atoms with Crippen LogP contribution in [0.1, 0.15) is 35.5 Å². The van der Waals surface area contributed by atoms with Gasteiger partial charge in [-0.1, -0.05) is 35.3 Å². The topological polar surface area (TPSA) is 126 Å². The molecular formula is C23H22Cl2N4O4. The van der Waals surface area contributed by atoms with Crippen LogP contribution in [0.25, 0.3) is 17.0 Å². The standard InChI is InChI=1S/C23H22Cl2N4O4/c1-12(2)33-22(31)21-16(20-17(25)9-14(24)10-18(20)29-21)6-7-19(30)28-15-5-3-4-13(8-15)11-27-23(26)32/h3-10,12,29H,11H2,1-2H3,(H,28,30)(H3,26,27,32)/b7-6+. The fraction of sp³-hybridized carbons (Fsp3) is 0.174. The third-order valence-corrected chi connectivity index (χ3v) is 4.98. The zero-order chi connectivity index (χ0) is 24.1. The van der Waals surface area contributed by atoms with Crippen molar-refractivity contribution in [2.24, 2.45) is 5.73 Å². The van der Waals surface area contributed by atoms with Crippen molar-refractivity contribution < 1.29 is 19.1 Å². The summed E-state index contributed by atoms with van der Waals surface area (Å²) in [6, 6.07) is 9.48. The molecule has 0 saturated heterocycles. The summed E-state index contributed by atoms with van der Waals surface area (Å²) in [5, 5.41) is 6.49. The number of esters is 1. The van der Waals surface area contributed by atoms with Crippen LogP contribution in [0.3, 0.4) is 0 Å². The lowest BCUT2D eigenvalue weighted by atomic mass is 10.1. The van der Waals surface area contributed by atoms with Crippen molar-refractivity contribution >= 4 is 63.8 Å². The Morgan fingerprint density at radius 2 is 1.94 bits per heavy atom. The maximum absolute atomic E-state index is 12.6. The van der Waals surface area contributed by atoms with Crippen LogP contribution in [0.5, 0.6) is 0 Å². The molecule has 0 bridgehead atoms. The van der Waals surface area contributed by atoms with E-state index in [-0.39, 0.29) is 18.3 Å². The summed E-state index contributed by atoms with van der Waals surface area (Å²) in [4.78, 5) is 39.0. The summed E-state index contributed by atoms with van der Waals surface area (Å²) in [5.41, 5.74) is 7.47. The first-order valence-corrected chi connectivity index (χ1v) is 10.7. The van der Waals surface area contributed by atoms with Crippen LogP contribution in [-0.2, 0) is 16.1 Å².